The quantitative estimate of drug-likeness (QED) is 0.107. The summed E-state index contributed by atoms with van der Waals surface area (Å²) < 4.78 is 118. The molecule has 78 heavy (non-hydrogen) atoms. The van der Waals surface area contributed by atoms with E-state index >= 15 is 0 Å². The summed E-state index contributed by atoms with van der Waals surface area (Å²) in [6.07, 6.45) is 3.60. The third-order valence-corrected chi connectivity index (χ3v) is 11.0. The minimum Gasteiger partial charge on any atom is -0.337 e. The summed E-state index contributed by atoms with van der Waals surface area (Å²) in [5, 5.41) is 6.67. The topological polar surface area (TPSA) is 106 Å². The molecule has 0 saturated carbocycles. The Morgan fingerprint density at radius 2 is 0.603 bits per heavy atom. The Morgan fingerprint density at radius 1 is 0.295 bits per heavy atom. The van der Waals surface area contributed by atoms with E-state index in [2.05, 4.69) is 108 Å². The van der Waals surface area contributed by atoms with Crippen molar-refractivity contribution in [3.8, 4) is 34.2 Å². The van der Waals surface area contributed by atoms with Gasteiger partial charge < -0.3 is 4.98 Å². The molecule has 6 aromatic carbocycles. The molecule has 0 aliphatic heterocycles. The van der Waals surface area contributed by atoms with E-state index in [-0.39, 0.29) is 19.8 Å². The fourth-order valence-corrected chi connectivity index (χ4v) is 7.91. The number of rotatable bonds is 3. The molecule has 13 rings (SSSR count). The van der Waals surface area contributed by atoms with Crippen molar-refractivity contribution in [3.63, 3.8) is 0 Å². The second-order valence-electron chi connectivity index (χ2n) is 16.9. The van der Waals surface area contributed by atoms with Gasteiger partial charge in [0, 0.05) is 50.3 Å². The summed E-state index contributed by atoms with van der Waals surface area (Å²) in [5.74, 6) is 0.863. The number of para-hydroxylation sites is 4. The smallest absolute Gasteiger partial charge is 0.337 e. The van der Waals surface area contributed by atoms with Gasteiger partial charge in [0.1, 0.15) is 5.82 Å². The molecule has 1 N–H and O–H groups in total. The number of aromatic amines is 1. The Labute approximate surface area is 446 Å². The summed E-state index contributed by atoms with van der Waals surface area (Å²) in [6.45, 7) is 0. The van der Waals surface area contributed by atoms with E-state index in [1.165, 1.54) is 0 Å². The van der Waals surface area contributed by atoms with Crippen molar-refractivity contribution in [2.24, 2.45) is 0 Å². The van der Waals surface area contributed by atoms with E-state index in [1.807, 2.05) is 127 Å². The van der Waals surface area contributed by atoms with Gasteiger partial charge in [-0.15, -0.1) is 0 Å². The van der Waals surface area contributed by atoms with E-state index < -0.39 is 15.6 Å². The molecule has 13 aromatic rings. The second kappa shape index (κ2) is 20.4. The van der Waals surface area contributed by atoms with E-state index in [0.29, 0.717) is 0 Å². The van der Waals surface area contributed by atoms with Crippen LogP contribution in [0.1, 0.15) is 0 Å². The number of imidazole rings is 1. The van der Waals surface area contributed by atoms with E-state index in [9.17, 15) is 50.4 Å². The van der Waals surface area contributed by atoms with Gasteiger partial charge in [-0.05, 0) is 72.8 Å². The number of hydrogen-bond donors (Lipinski definition) is 1. The van der Waals surface area contributed by atoms with Gasteiger partial charge in [-0.1, -0.05) is 127 Å². The van der Waals surface area contributed by atoms with Gasteiger partial charge in [-0.25, -0.2) is 24.9 Å². The number of fused-ring (bicyclic) bond motifs is 10. The molecule has 394 valence electrons. The molecule has 0 unspecified atom stereocenters. The van der Waals surface area contributed by atoms with Crippen LogP contribution < -0.4 is 0 Å². The molecule has 0 saturated heterocycles. The van der Waals surface area contributed by atoms with Crippen LogP contribution in [-0.2, 0) is 19.8 Å². The Balaban J connectivity index is 0.000000137. The van der Waals surface area contributed by atoms with Crippen molar-refractivity contribution < 1.29 is 70.2 Å². The first-order chi connectivity index (χ1) is 36.1. The summed E-state index contributed by atoms with van der Waals surface area (Å²) in [6, 6.07) is 67.1. The summed E-state index contributed by atoms with van der Waals surface area (Å²) in [5.41, 5.74) is 12.4. The first kappa shape index (κ1) is 56.1. The van der Waals surface area contributed by atoms with Crippen molar-refractivity contribution in [1.29, 1.82) is 0 Å². The number of nitrogens with zero attached hydrogens (tertiary/aromatic N) is 7. The van der Waals surface area contributed by atoms with Crippen LogP contribution in [0.4, 0.5) is 50.4 Å². The minimum absolute atomic E-state index is 0. The predicted molar refractivity (Wildman–Crippen MR) is 284 cm³/mol. The molecule has 0 bridgehead atoms. The zero-order chi connectivity index (χ0) is 54.8. The van der Waals surface area contributed by atoms with Crippen LogP contribution in [0, 0.1) is 0 Å². The molecular formula is C55H36F12N8OsP2+4. The van der Waals surface area contributed by atoms with Crippen molar-refractivity contribution in [3.05, 3.63) is 213 Å². The standard InChI is InChI=1S/C19H12N4.2C18H12N2.2F6P.Os/c1-2-6-12(7-3-1)19-22-17-13-8-4-10-20-15(13)16-14(18(17)23-19)9-5-11-21-16;2*1-3-7-15-13(5-1)9-11-17(19-15)18-12-10-14-6-2-4-8-16(14)20-18;2*1-7(2,3,4,5)6;/h1-11H,(H,22,23);2*1-12H;;;/q;;;2*-1;+6. The van der Waals surface area contributed by atoms with E-state index in [1.54, 1.807) is 12.4 Å². The Bertz CT molecular complexity index is 3880. The van der Waals surface area contributed by atoms with Crippen LogP contribution in [0.25, 0.3) is 111 Å². The number of halogens is 12. The zero-order valence-electron chi connectivity index (χ0n) is 39.6. The molecule has 7 aromatic heterocycles. The molecule has 7 heterocycles. The third kappa shape index (κ3) is 16.0. The van der Waals surface area contributed by atoms with Crippen LogP contribution in [0.5, 0.6) is 0 Å². The molecular weight excluding hydrogens is 1250 g/mol. The molecule has 0 aliphatic carbocycles. The molecule has 0 aliphatic rings. The molecule has 0 atom stereocenters. The molecule has 0 spiro atoms. The number of nitrogens with one attached hydrogen (secondary N) is 1. The van der Waals surface area contributed by atoms with Crippen molar-refractivity contribution >= 4 is 92.1 Å². The monoisotopic (exact) mass is 1290 g/mol. The second-order valence-corrected chi connectivity index (χ2v) is 20.8. The van der Waals surface area contributed by atoms with Gasteiger partial charge in [-0.3, -0.25) is 9.97 Å². The first-order valence-electron chi connectivity index (χ1n) is 22.8. The van der Waals surface area contributed by atoms with Gasteiger partial charge in [-0.2, -0.15) is 0 Å². The summed E-state index contributed by atoms with van der Waals surface area (Å²) >= 11 is 0. The first-order valence-corrected chi connectivity index (χ1v) is 26.8. The van der Waals surface area contributed by atoms with Crippen molar-refractivity contribution in [1.82, 2.24) is 39.9 Å². The fraction of sp³-hybridized carbons (Fsp3) is 0. The van der Waals surface area contributed by atoms with Crippen LogP contribution >= 0.6 is 15.6 Å². The number of hydrogen-bond acceptors (Lipinski definition) is 7. The van der Waals surface area contributed by atoms with Crippen LogP contribution in [0.2, 0.25) is 0 Å². The number of H-pyrrole nitrogens is 1. The fourth-order valence-electron chi connectivity index (χ4n) is 7.91. The molecule has 0 fully saturated rings. The summed E-state index contributed by atoms with van der Waals surface area (Å²) in [7, 11) is -21.3. The number of aromatic nitrogens is 8. The maximum absolute atomic E-state index is 10.7. The molecule has 0 amide bonds. The minimum atomic E-state index is -10.7. The number of pyridine rings is 6. The van der Waals surface area contributed by atoms with Crippen LogP contribution in [0.3, 0.4) is 0 Å². The maximum Gasteiger partial charge on any atom is 6.00 e. The van der Waals surface area contributed by atoms with Crippen molar-refractivity contribution in [2.45, 2.75) is 0 Å². The van der Waals surface area contributed by atoms with Crippen molar-refractivity contribution in [2.75, 3.05) is 0 Å². The predicted octanol–water partition coefficient (Wildman–Crippen LogP) is 20.0. The molecule has 0 radical (unpaired) electrons. The zero-order valence-corrected chi connectivity index (χ0v) is 44.0. The average Bonchev–Trinajstić information content (AvgIpc) is 3.99. The van der Waals surface area contributed by atoms with Gasteiger partial charge in [0.15, 0.2) is 0 Å². The van der Waals surface area contributed by atoms with Gasteiger partial charge in [0.25, 0.3) is 0 Å². The third-order valence-electron chi connectivity index (χ3n) is 11.0. The number of benzene rings is 6. The SMILES string of the molecule is F[P-](F)(F)(F)(F)F.F[P-](F)(F)(F)(F)F.[Os+6].c1ccc(-c2nc3c4cccnc4c4ncccc4c3[nH]2)cc1.c1ccc2nc(-c3ccc4ccccc4n3)ccc2c1.c1ccc2nc(-c3ccc4ccccc4n3)ccc2c1. The Morgan fingerprint density at radius 3 is 0.962 bits per heavy atom. The molecule has 8 nitrogen and oxygen atoms in total. The largest absolute Gasteiger partial charge is 6.00 e. The van der Waals surface area contributed by atoms with Gasteiger partial charge in [0.2, 0.25) is 0 Å². The molecule has 23 heteroatoms. The van der Waals surface area contributed by atoms with Gasteiger partial charge in [0.05, 0.1) is 66.9 Å². The van der Waals surface area contributed by atoms with E-state index in [0.717, 1.165) is 111 Å². The maximum atomic E-state index is 9.87. The Hall–Kier alpha value is -8.09. The van der Waals surface area contributed by atoms with E-state index in [4.69, 9.17) is 4.98 Å². The normalized spacial score (nSPS) is 13.2. The van der Waals surface area contributed by atoms with Gasteiger partial charge >= 0.3 is 85.8 Å². The van der Waals surface area contributed by atoms with Crippen LogP contribution in [0.15, 0.2) is 213 Å². The summed E-state index contributed by atoms with van der Waals surface area (Å²) in [4.78, 5) is 36.1. The average molecular weight is 1290 g/mol. The Kier molecular flexibility index (Phi) is 14.7. The van der Waals surface area contributed by atoms with Crippen LogP contribution in [-0.4, -0.2) is 39.9 Å².